The topological polar surface area (TPSA) is 53.6 Å². The van der Waals surface area contributed by atoms with Gasteiger partial charge in [0.1, 0.15) is 0 Å². The molecule has 0 rings (SSSR count). The number of thioether (sulfide) groups is 1. The highest BCUT2D eigenvalue weighted by Crippen LogP contribution is 2.09. The molecule has 0 aromatic carbocycles. The van der Waals surface area contributed by atoms with E-state index >= 15 is 0 Å². The number of rotatable bonds is 6. The van der Waals surface area contributed by atoms with E-state index in [0.29, 0.717) is 0 Å². The number of quaternary nitrogens is 1. The average Bonchev–Trinajstić information content (AvgIpc) is 1.96. The van der Waals surface area contributed by atoms with Crippen LogP contribution in [-0.4, -0.2) is 10.2 Å². The van der Waals surface area contributed by atoms with Gasteiger partial charge in [0.25, 0.3) is 0 Å². The Labute approximate surface area is 84.9 Å². The van der Waals surface area contributed by atoms with Gasteiger partial charge in [0.15, 0.2) is 0 Å². The fourth-order valence-corrected chi connectivity index (χ4v) is 1.63. The summed E-state index contributed by atoms with van der Waals surface area (Å²) in [4.78, 5) is 10.3. The van der Waals surface area contributed by atoms with Crippen LogP contribution in [0.3, 0.4) is 0 Å². The normalized spacial score (nSPS) is 9.08. The van der Waals surface area contributed by atoms with Crippen molar-refractivity contribution < 1.29 is 4.79 Å². The van der Waals surface area contributed by atoms with Crippen LogP contribution in [0.5, 0.6) is 0 Å². The summed E-state index contributed by atoms with van der Waals surface area (Å²) in [5.41, 5.74) is 0. The smallest absolute Gasteiger partial charge is 0.0685 e. The van der Waals surface area contributed by atoms with E-state index < -0.39 is 0 Å². The van der Waals surface area contributed by atoms with Gasteiger partial charge in [-0.1, -0.05) is 32.6 Å². The molecule has 0 unspecified atom stereocenters. The second-order valence-corrected chi connectivity index (χ2v) is 4.21. The third-order valence-corrected chi connectivity index (χ3v) is 2.55. The first kappa shape index (κ1) is 14.7. The Morgan fingerprint density at radius 2 is 1.83 bits per heavy atom. The summed E-state index contributed by atoms with van der Waals surface area (Å²) in [5.74, 6) is 0.909. The molecule has 0 radical (unpaired) electrons. The fraction of sp³-hybridized carbons (Fsp3) is 0.875. The van der Waals surface area contributed by atoms with Gasteiger partial charge in [-0.2, -0.15) is 0 Å². The summed E-state index contributed by atoms with van der Waals surface area (Å²) in [5, 5.41) is 0. The molecule has 0 saturated carbocycles. The Morgan fingerprint density at radius 3 is 2.33 bits per heavy atom. The van der Waals surface area contributed by atoms with Gasteiger partial charge in [0.2, 0.25) is 0 Å². The molecule has 0 saturated heterocycles. The molecule has 0 amide bonds. The summed E-state index contributed by atoms with van der Waals surface area (Å²) in [6, 6.07) is 0. The van der Waals surface area contributed by atoms with Crippen LogP contribution in [0.25, 0.3) is 0 Å². The lowest BCUT2D eigenvalue weighted by atomic mass is 10.2. The lowest BCUT2D eigenvalue weighted by Crippen LogP contribution is -1.85. The fourth-order valence-electron chi connectivity index (χ4n) is 0.861. The van der Waals surface area contributed by atoms with Crippen molar-refractivity contribution in [1.82, 2.24) is 6.15 Å². The minimum atomic E-state index is -0.166. The lowest BCUT2D eigenvalue weighted by Gasteiger charge is -2.02. The molecule has 0 aromatic rings. The summed E-state index contributed by atoms with van der Waals surface area (Å²) >= 11 is 5.67. The molecule has 0 bridgehead atoms. The van der Waals surface area contributed by atoms with Crippen molar-refractivity contribution in [3.05, 3.63) is 0 Å². The van der Waals surface area contributed by atoms with Crippen molar-refractivity contribution in [2.45, 2.75) is 39.0 Å². The second-order valence-electron chi connectivity index (χ2n) is 2.51. The molecule has 4 heteroatoms. The predicted molar refractivity (Wildman–Crippen MR) is 60.0 cm³/mol. The Balaban J connectivity index is 0. The second kappa shape index (κ2) is 11.2. The van der Waals surface area contributed by atoms with Crippen LogP contribution in [0.2, 0.25) is 0 Å². The molecule has 0 aliphatic heterocycles. The third-order valence-electron chi connectivity index (χ3n) is 1.47. The SMILES string of the molecule is CCCCCCCSC(=O)[S-].[NH4+]. The molecule has 0 atom stereocenters. The van der Waals surface area contributed by atoms with Gasteiger partial charge in [-0.05, 0) is 12.2 Å². The number of hydrogen-bond donors (Lipinski definition) is 1. The molecule has 0 aliphatic carbocycles. The number of carbonyl (C=O) groups excluding carboxylic acids is 1. The maximum absolute atomic E-state index is 10.3. The van der Waals surface area contributed by atoms with Crippen molar-refractivity contribution in [3.63, 3.8) is 0 Å². The number of hydrogen-bond acceptors (Lipinski definition) is 3. The first-order valence-electron chi connectivity index (χ1n) is 4.11. The van der Waals surface area contributed by atoms with Crippen LogP contribution in [-0.2, 0) is 12.6 Å². The minimum Gasteiger partial charge on any atom is -0.730 e. The Hall–Kier alpha value is 0.200. The average molecular weight is 209 g/mol. The van der Waals surface area contributed by atoms with Crippen molar-refractivity contribution in [3.8, 4) is 0 Å². The van der Waals surface area contributed by atoms with Crippen molar-refractivity contribution in [2.24, 2.45) is 0 Å². The van der Waals surface area contributed by atoms with Crippen LogP contribution in [0.4, 0.5) is 4.79 Å². The van der Waals surface area contributed by atoms with Gasteiger partial charge in [-0.15, -0.1) is 11.8 Å². The van der Waals surface area contributed by atoms with E-state index in [4.69, 9.17) is 0 Å². The van der Waals surface area contributed by atoms with Gasteiger partial charge in [0.05, 0.1) is 4.45 Å². The standard InChI is InChI=1S/C8H16OS2.H3N/c1-2-3-4-5-6-7-11-8(9)10;/h2-7H2,1H3,(H,9,10);1H3. The quantitative estimate of drug-likeness (QED) is 0.535. The molecule has 74 valence electrons. The van der Waals surface area contributed by atoms with E-state index in [1.54, 1.807) is 0 Å². The molecule has 12 heavy (non-hydrogen) atoms. The van der Waals surface area contributed by atoms with Gasteiger partial charge in [-0.3, -0.25) is 0 Å². The summed E-state index contributed by atoms with van der Waals surface area (Å²) < 4.78 is -0.166. The van der Waals surface area contributed by atoms with Crippen LogP contribution in [0, 0.1) is 0 Å². The van der Waals surface area contributed by atoms with Gasteiger partial charge in [0, 0.05) is 0 Å². The van der Waals surface area contributed by atoms with E-state index in [2.05, 4.69) is 19.6 Å². The maximum atomic E-state index is 10.3. The van der Waals surface area contributed by atoms with E-state index in [1.807, 2.05) is 0 Å². The van der Waals surface area contributed by atoms with Crippen LogP contribution < -0.4 is 6.15 Å². The molecule has 0 aliphatic rings. The molecule has 0 heterocycles. The Kier molecular flexibility index (Phi) is 13.7. The van der Waals surface area contributed by atoms with Gasteiger partial charge >= 0.3 is 0 Å². The van der Waals surface area contributed by atoms with Gasteiger partial charge < -0.3 is 23.6 Å². The molecule has 0 aromatic heterocycles. The Morgan fingerprint density at radius 1 is 1.25 bits per heavy atom. The molecule has 0 spiro atoms. The van der Waals surface area contributed by atoms with E-state index in [0.717, 1.165) is 12.2 Å². The van der Waals surface area contributed by atoms with Crippen molar-refractivity contribution in [1.29, 1.82) is 0 Å². The lowest BCUT2D eigenvalue weighted by molar-refractivity contribution is 0.277. The summed E-state index contributed by atoms with van der Waals surface area (Å²) in [6.45, 7) is 2.20. The molecular weight excluding hydrogens is 190 g/mol. The Bertz CT molecular complexity index is 109. The van der Waals surface area contributed by atoms with Crippen molar-refractivity contribution in [2.75, 3.05) is 5.75 Å². The monoisotopic (exact) mass is 209 g/mol. The van der Waals surface area contributed by atoms with Crippen molar-refractivity contribution >= 4 is 28.8 Å². The highest BCUT2D eigenvalue weighted by molar-refractivity contribution is 8.26. The third kappa shape index (κ3) is 12.8. The molecule has 0 fully saturated rings. The van der Waals surface area contributed by atoms with E-state index in [9.17, 15) is 4.79 Å². The van der Waals surface area contributed by atoms with Crippen LogP contribution in [0.1, 0.15) is 39.0 Å². The number of unbranched alkanes of at least 4 members (excludes halogenated alkanes) is 4. The zero-order valence-electron chi connectivity index (χ0n) is 7.97. The van der Waals surface area contributed by atoms with E-state index in [-0.39, 0.29) is 10.6 Å². The highest BCUT2D eigenvalue weighted by atomic mass is 32.2. The highest BCUT2D eigenvalue weighted by Gasteiger charge is 1.89. The van der Waals surface area contributed by atoms with Crippen LogP contribution >= 0.6 is 11.8 Å². The van der Waals surface area contributed by atoms with E-state index in [1.165, 1.54) is 37.4 Å². The first-order chi connectivity index (χ1) is 5.27. The summed E-state index contributed by atoms with van der Waals surface area (Å²) in [6.07, 6.45) is 6.25. The predicted octanol–water partition coefficient (Wildman–Crippen LogP) is 3.73. The largest absolute Gasteiger partial charge is 0.730 e. The summed E-state index contributed by atoms with van der Waals surface area (Å²) in [7, 11) is 0. The first-order valence-corrected chi connectivity index (χ1v) is 5.50. The molecular formula is C8H19NOS2. The zero-order chi connectivity index (χ0) is 8.53. The zero-order valence-corrected chi connectivity index (χ0v) is 9.60. The molecule has 2 nitrogen and oxygen atoms in total. The maximum Gasteiger partial charge on any atom is 0.0685 e. The van der Waals surface area contributed by atoms with Gasteiger partial charge in [-0.25, -0.2) is 0 Å². The van der Waals surface area contributed by atoms with Crippen LogP contribution in [0.15, 0.2) is 0 Å². The number of carbonyl (C=O) groups is 1. The molecule has 4 N–H and O–H groups in total. The minimum absolute atomic E-state index is 0.